The molecule has 2 heterocycles. The number of benzene rings is 2. The van der Waals surface area contributed by atoms with Crippen LogP contribution in [0.1, 0.15) is 6.42 Å². The number of halogens is 1. The molecule has 0 spiro atoms. The van der Waals surface area contributed by atoms with Crippen LogP contribution in [0.15, 0.2) is 64.2 Å². The molecule has 0 aliphatic carbocycles. The number of aromatic nitrogens is 2. The fourth-order valence-electron chi connectivity index (χ4n) is 3.07. The third-order valence-corrected chi connectivity index (χ3v) is 5.56. The fourth-order valence-corrected chi connectivity index (χ4v) is 3.86. The van der Waals surface area contributed by atoms with E-state index in [-0.39, 0.29) is 17.7 Å². The highest BCUT2D eigenvalue weighted by atomic mass is 35.5. The minimum Gasteiger partial charge on any atom is -0.411 e. The highest BCUT2D eigenvalue weighted by Gasteiger charge is 2.26. The van der Waals surface area contributed by atoms with Crippen LogP contribution in [0.5, 0.6) is 0 Å². The normalized spacial score (nSPS) is 16.3. The number of carbonyl (C=O) groups is 1. The minimum absolute atomic E-state index is 0.0774. The monoisotopic (exact) mass is 414 g/mol. The van der Waals surface area contributed by atoms with E-state index in [0.29, 0.717) is 22.7 Å². The van der Waals surface area contributed by atoms with Crippen LogP contribution in [-0.2, 0) is 4.79 Å². The molecule has 28 heavy (non-hydrogen) atoms. The molecule has 1 aromatic heterocycles. The van der Waals surface area contributed by atoms with Crippen molar-refractivity contribution in [3.63, 3.8) is 0 Å². The molecule has 3 aromatic rings. The van der Waals surface area contributed by atoms with Crippen molar-refractivity contribution in [3.8, 4) is 11.5 Å². The summed E-state index contributed by atoms with van der Waals surface area (Å²) in [4.78, 5) is 14.4. The van der Waals surface area contributed by atoms with Crippen molar-refractivity contribution in [2.45, 2.75) is 17.7 Å². The van der Waals surface area contributed by atoms with Gasteiger partial charge < -0.3 is 14.6 Å². The second-order valence-electron chi connectivity index (χ2n) is 6.50. The third-order valence-electron chi connectivity index (χ3n) is 4.50. The molecule has 1 aliphatic heterocycles. The topological polar surface area (TPSA) is 71.3 Å². The van der Waals surface area contributed by atoms with Gasteiger partial charge in [0.2, 0.25) is 11.8 Å². The Morgan fingerprint density at radius 3 is 2.75 bits per heavy atom. The quantitative estimate of drug-likeness (QED) is 0.609. The number of hydrogen-bond donors (Lipinski definition) is 1. The standard InChI is InChI=1S/C20H19ClN4O2S/c21-15-8-6-14(7-9-15)19-23-24-20(27-19)28-13-18(26)25-11-10-17(12-25)22-16-4-2-1-3-5-16/h1-9,17,22H,10-13H2. The maximum absolute atomic E-state index is 12.5. The molecule has 1 N–H and O–H groups in total. The van der Waals surface area contributed by atoms with Gasteiger partial charge in [-0.05, 0) is 42.8 Å². The lowest BCUT2D eigenvalue weighted by Crippen LogP contribution is -2.32. The van der Waals surface area contributed by atoms with Crippen LogP contribution in [0.3, 0.4) is 0 Å². The van der Waals surface area contributed by atoms with Gasteiger partial charge in [0.1, 0.15) is 0 Å². The number of hydrogen-bond acceptors (Lipinski definition) is 6. The number of amides is 1. The summed E-state index contributed by atoms with van der Waals surface area (Å²) in [6.07, 6.45) is 0.937. The van der Waals surface area contributed by atoms with Gasteiger partial charge in [0.15, 0.2) is 0 Å². The highest BCUT2D eigenvalue weighted by Crippen LogP contribution is 2.25. The lowest BCUT2D eigenvalue weighted by molar-refractivity contribution is -0.127. The molecular weight excluding hydrogens is 396 g/mol. The number of likely N-dealkylation sites (tertiary alicyclic amines) is 1. The first-order chi connectivity index (χ1) is 13.7. The van der Waals surface area contributed by atoms with Crippen molar-refractivity contribution < 1.29 is 9.21 Å². The second-order valence-corrected chi connectivity index (χ2v) is 7.87. The van der Waals surface area contributed by atoms with Crippen LogP contribution in [0.25, 0.3) is 11.5 Å². The molecule has 6 nitrogen and oxygen atoms in total. The van der Waals surface area contributed by atoms with E-state index in [0.717, 1.165) is 24.2 Å². The maximum Gasteiger partial charge on any atom is 0.277 e. The molecular formula is C20H19ClN4O2S. The van der Waals surface area contributed by atoms with Crippen LogP contribution in [0.4, 0.5) is 5.69 Å². The van der Waals surface area contributed by atoms with Crippen LogP contribution in [0, 0.1) is 0 Å². The summed E-state index contributed by atoms with van der Waals surface area (Å²) < 4.78 is 5.64. The Kier molecular flexibility index (Phi) is 5.83. The molecule has 1 unspecified atom stereocenters. The predicted octanol–water partition coefficient (Wildman–Crippen LogP) is 4.20. The van der Waals surface area contributed by atoms with Crippen LogP contribution < -0.4 is 5.32 Å². The van der Waals surface area contributed by atoms with Gasteiger partial charge in [-0.3, -0.25) is 4.79 Å². The van der Waals surface area contributed by atoms with Crippen molar-refractivity contribution >= 4 is 35.0 Å². The number of thioether (sulfide) groups is 1. The summed E-state index contributed by atoms with van der Waals surface area (Å²) in [5.41, 5.74) is 1.88. The zero-order valence-electron chi connectivity index (χ0n) is 15.0. The molecule has 1 aliphatic rings. The Morgan fingerprint density at radius 2 is 1.96 bits per heavy atom. The smallest absolute Gasteiger partial charge is 0.277 e. The van der Waals surface area contributed by atoms with E-state index in [1.807, 2.05) is 47.4 Å². The van der Waals surface area contributed by atoms with Gasteiger partial charge in [-0.1, -0.05) is 41.6 Å². The van der Waals surface area contributed by atoms with Gasteiger partial charge >= 0.3 is 0 Å². The van der Waals surface area contributed by atoms with Crippen molar-refractivity contribution in [1.29, 1.82) is 0 Å². The lowest BCUT2D eigenvalue weighted by Gasteiger charge is -2.17. The molecule has 8 heteroatoms. The number of rotatable bonds is 6. The van der Waals surface area contributed by atoms with Crippen molar-refractivity contribution in [1.82, 2.24) is 15.1 Å². The van der Waals surface area contributed by atoms with E-state index >= 15 is 0 Å². The Bertz CT molecular complexity index is 933. The largest absolute Gasteiger partial charge is 0.411 e. The number of nitrogens with one attached hydrogen (secondary N) is 1. The fraction of sp³-hybridized carbons (Fsp3) is 0.250. The van der Waals surface area contributed by atoms with E-state index in [1.54, 1.807) is 12.1 Å². The minimum atomic E-state index is 0.0774. The molecule has 144 valence electrons. The summed E-state index contributed by atoms with van der Waals surface area (Å²) in [5.74, 6) is 0.772. The molecule has 0 bridgehead atoms. The first kappa shape index (κ1) is 18.8. The molecule has 4 rings (SSSR count). The Hall–Kier alpha value is -2.51. The molecule has 1 saturated heterocycles. The Labute approximate surface area is 172 Å². The summed E-state index contributed by atoms with van der Waals surface area (Å²) >= 11 is 7.15. The van der Waals surface area contributed by atoms with Crippen LogP contribution in [0.2, 0.25) is 5.02 Å². The first-order valence-corrected chi connectivity index (χ1v) is 10.4. The number of nitrogens with zero attached hydrogens (tertiary/aromatic N) is 3. The Morgan fingerprint density at radius 1 is 1.18 bits per heavy atom. The third kappa shape index (κ3) is 4.66. The average molecular weight is 415 g/mol. The van der Waals surface area contributed by atoms with Crippen LogP contribution in [-0.4, -0.2) is 45.9 Å². The second kappa shape index (κ2) is 8.67. The van der Waals surface area contributed by atoms with Gasteiger partial charge in [-0.2, -0.15) is 0 Å². The van der Waals surface area contributed by atoms with Crippen molar-refractivity contribution in [3.05, 3.63) is 59.6 Å². The summed E-state index contributed by atoms with van der Waals surface area (Å²) in [7, 11) is 0. The van der Waals surface area contributed by atoms with E-state index in [9.17, 15) is 4.79 Å². The summed E-state index contributed by atoms with van der Waals surface area (Å²) in [6.45, 7) is 1.46. The summed E-state index contributed by atoms with van der Waals surface area (Å²) in [6, 6.07) is 17.5. The molecule has 1 fully saturated rings. The number of anilines is 1. The molecule has 0 saturated carbocycles. The van der Waals surface area contributed by atoms with Gasteiger partial charge in [0, 0.05) is 35.4 Å². The van der Waals surface area contributed by atoms with Gasteiger partial charge in [-0.15, -0.1) is 10.2 Å². The first-order valence-electron chi connectivity index (χ1n) is 8.99. The lowest BCUT2D eigenvalue weighted by atomic mass is 10.2. The molecule has 1 atom stereocenters. The maximum atomic E-state index is 12.5. The van der Waals surface area contributed by atoms with E-state index in [1.165, 1.54) is 11.8 Å². The van der Waals surface area contributed by atoms with E-state index in [4.69, 9.17) is 16.0 Å². The Balaban J connectivity index is 1.27. The molecule has 0 radical (unpaired) electrons. The van der Waals surface area contributed by atoms with Gasteiger partial charge in [-0.25, -0.2) is 0 Å². The van der Waals surface area contributed by atoms with E-state index in [2.05, 4.69) is 15.5 Å². The van der Waals surface area contributed by atoms with Crippen LogP contribution >= 0.6 is 23.4 Å². The average Bonchev–Trinajstić information content (AvgIpc) is 3.37. The number of para-hydroxylation sites is 1. The molecule has 1 amide bonds. The zero-order valence-corrected chi connectivity index (χ0v) is 16.6. The highest BCUT2D eigenvalue weighted by molar-refractivity contribution is 7.99. The van der Waals surface area contributed by atoms with Gasteiger partial charge in [0.05, 0.1) is 5.75 Å². The predicted molar refractivity (Wildman–Crippen MR) is 111 cm³/mol. The zero-order chi connectivity index (χ0) is 19.3. The van der Waals surface area contributed by atoms with Crippen molar-refractivity contribution in [2.75, 3.05) is 24.2 Å². The molecule has 2 aromatic carbocycles. The SMILES string of the molecule is O=C(CSc1nnc(-c2ccc(Cl)cc2)o1)N1CCC(Nc2ccccc2)C1. The van der Waals surface area contributed by atoms with Gasteiger partial charge in [0.25, 0.3) is 5.22 Å². The number of carbonyl (C=O) groups excluding carboxylic acids is 1. The van der Waals surface area contributed by atoms with Crippen molar-refractivity contribution in [2.24, 2.45) is 0 Å². The summed E-state index contributed by atoms with van der Waals surface area (Å²) in [5, 5.41) is 12.6. The van der Waals surface area contributed by atoms with E-state index < -0.39 is 0 Å².